The van der Waals surface area contributed by atoms with Gasteiger partial charge in [0.2, 0.25) is 5.91 Å². The molecular weight excluding hydrogens is 220 g/mol. The van der Waals surface area contributed by atoms with E-state index in [1.165, 1.54) is 0 Å². The number of ether oxygens (including phenoxy) is 1. The molecule has 5 heteroatoms. The Kier molecular flexibility index (Phi) is 3.43. The van der Waals surface area contributed by atoms with Crippen LogP contribution in [-0.2, 0) is 9.53 Å². The lowest BCUT2D eigenvalue weighted by Gasteiger charge is -2.29. The fourth-order valence-electron chi connectivity index (χ4n) is 2.58. The van der Waals surface area contributed by atoms with Crippen LogP contribution in [0.5, 0.6) is 0 Å². The number of hydrogen-bond acceptors (Lipinski definition) is 4. The zero-order chi connectivity index (χ0) is 12.5. The van der Waals surface area contributed by atoms with Crippen LogP contribution in [0.1, 0.15) is 32.6 Å². The molecule has 0 bridgehead atoms. The van der Waals surface area contributed by atoms with Crippen LogP contribution in [0.3, 0.4) is 0 Å². The van der Waals surface area contributed by atoms with E-state index in [0.717, 1.165) is 25.7 Å². The normalized spacial score (nSPS) is 36.1. The number of carbonyl (C=O) groups excluding carboxylic acids is 1. The number of hydrogen-bond donors (Lipinski definition) is 3. The maximum absolute atomic E-state index is 12.1. The first-order valence-electron chi connectivity index (χ1n) is 6.30. The Morgan fingerprint density at radius 3 is 2.71 bits per heavy atom. The lowest BCUT2D eigenvalue weighted by atomic mass is 9.84. The molecule has 1 amide bonds. The Bertz CT molecular complexity index is 302. The van der Waals surface area contributed by atoms with Crippen molar-refractivity contribution in [1.29, 1.82) is 0 Å². The highest BCUT2D eigenvalue weighted by Crippen LogP contribution is 2.30. The molecule has 1 saturated carbocycles. The Labute approximate surface area is 102 Å². The van der Waals surface area contributed by atoms with Gasteiger partial charge in [-0.3, -0.25) is 4.79 Å². The average Bonchev–Trinajstić information content (AvgIpc) is 2.85. The summed E-state index contributed by atoms with van der Waals surface area (Å²) in [6, 6.07) is -0.263. The van der Waals surface area contributed by atoms with Crippen molar-refractivity contribution < 1.29 is 14.6 Å². The van der Waals surface area contributed by atoms with Crippen molar-refractivity contribution in [3.05, 3.63) is 0 Å². The molecule has 1 aliphatic carbocycles. The molecule has 5 nitrogen and oxygen atoms in total. The summed E-state index contributed by atoms with van der Waals surface area (Å²) in [6.45, 7) is 2.93. The lowest BCUT2D eigenvalue weighted by molar-refractivity contribution is -0.131. The number of carbonyl (C=O) groups is 1. The van der Waals surface area contributed by atoms with E-state index in [2.05, 4.69) is 5.32 Å². The zero-order valence-electron chi connectivity index (χ0n) is 10.4. The molecule has 0 radical (unpaired) electrons. The molecule has 2 unspecified atom stereocenters. The van der Waals surface area contributed by atoms with Gasteiger partial charge in [-0.1, -0.05) is 12.8 Å². The third kappa shape index (κ3) is 2.46. The molecule has 17 heavy (non-hydrogen) atoms. The fraction of sp³-hybridized carbons (Fsp3) is 0.917. The van der Waals surface area contributed by atoms with Gasteiger partial charge in [0, 0.05) is 12.6 Å². The van der Waals surface area contributed by atoms with Gasteiger partial charge in [-0.2, -0.15) is 0 Å². The van der Waals surface area contributed by atoms with Gasteiger partial charge in [0.1, 0.15) is 0 Å². The van der Waals surface area contributed by atoms with E-state index in [1.807, 2.05) is 6.92 Å². The summed E-state index contributed by atoms with van der Waals surface area (Å²) >= 11 is 0. The number of aliphatic hydroxyl groups is 1. The number of nitrogens with two attached hydrogens (primary N) is 1. The van der Waals surface area contributed by atoms with Crippen LogP contribution < -0.4 is 11.1 Å². The van der Waals surface area contributed by atoms with Crippen LogP contribution in [-0.4, -0.2) is 42.4 Å². The second kappa shape index (κ2) is 4.55. The molecule has 0 spiro atoms. The van der Waals surface area contributed by atoms with Crippen LogP contribution in [0, 0.1) is 5.41 Å². The standard InChI is InChI=1S/C12H22N2O3/c1-11(8-17-6-9(11)13)10(15)14-7-12(16)4-2-3-5-12/h9,16H,2-8,13H2,1H3,(H,14,15). The first-order chi connectivity index (χ1) is 7.96. The van der Waals surface area contributed by atoms with E-state index in [0.29, 0.717) is 19.8 Å². The maximum Gasteiger partial charge on any atom is 0.230 e. The Morgan fingerprint density at radius 2 is 2.18 bits per heavy atom. The average molecular weight is 242 g/mol. The van der Waals surface area contributed by atoms with Gasteiger partial charge in [0.25, 0.3) is 0 Å². The minimum absolute atomic E-state index is 0.108. The van der Waals surface area contributed by atoms with Crippen LogP contribution in [0.4, 0.5) is 0 Å². The summed E-state index contributed by atoms with van der Waals surface area (Å²) in [7, 11) is 0. The van der Waals surface area contributed by atoms with E-state index in [4.69, 9.17) is 10.5 Å². The molecule has 0 aromatic rings. The summed E-state index contributed by atoms with van der Waals surface area (Å²) in [6.07, 6.45) is 3.61. The topological polar surface area (TPSA) is 84.6 Å². The van der Waals surface area contributed by atoms with Gasteiger partial charge in [-0.15, -0.1) is 0 Å². The van der Waals surface area contributed by atoms with Crippen molar-refractivity contribution in [2.45, 2.75) is 44.2 Å². The molecule has 2 rings (SSSR count). The van der Waals surface area contributed by atoms with Gasteiger partial charge in [-0.25, -0.2) is 0 Å². The Balaban J connectivity index is 1.89. The predicted octanol–water partition coefficient (Wildman–Crippen LogP) is -0.229. The van der Waals surface area contributed by atoms with Crippen molar-refractivity contribution >= 4 is 5.91 Å². The summed E-state index contributed by atoms with van der Waals surface area (Å²) in [4.78, 5) is 12.1. The summed E-state index contributed by atoms with van der Waals surface area (Å²) in [5, 5.41) is 13.0. The Morgan fingerprint density at radius 1 is 1.53 bits per heavy atom. The second-order valence-corrected chi connectivity index (χ2v) is 5.65. The van der Waals surface area contributed by atoms with Crippen LogP contribution in [0.15, 0.2) is 0 Å². The highest BCUT2D eigenvalue weighted by molar-refractivity contribution is 5.83. The first kappa shape index (κ1) is 12.8. The van der Waals surface area contributed by atoms with E-state index < -0.39 is 11.0 Å². The highest BCUT2D eigenvalue weighted by atomic mass is 16.5. The molecule has 2 atom stereocenters. The summed E-state index contributed by atoms with van der Waals surface area (Å²) in [5.74, 6) is -0.108. The minimum atomic E-state index is -0.713. The number of nitrogens with one attached hydrogen (secondary N) is 1. The Hall–Kier alpha value is -0.650. The van der Waals surface area contributed by atoms with Crippen LogP contribution in [0.2, 0.25) is 0 Å². The molecule has 2 aliphatic rings. The van der Waals surface area contributed by atoms with Gasteiger partial charge in [0.15, 0.2) is 0 Å². The molecule has 1 saturated heterocycles. The van der Waals surface area contributed by atoms with Crippen molar-refractivity contribution in [3.63, 3.8) is 0 Å². The number of rotatable bonds is 3. The predicted molar refractivity (Wildman–Crippen MR) is 63.3 cm³/mol. The lowest BCUT2D eigenvalue weighted by Crippen LogP contribution is -2.52. The minimum Gasteiger partial charge on any atom is -0.388 e. The van der Waals surface area contributed by atoms with Gasteiger partial charge in [0.05, 0.1) is 24.2 Å². The van der Waals surface area contributed by atoms with Crippen molar-refractivity contribution in [2.24, 2.45) is 11.1 Å². The first-order valence-corrected chi connectivity index (χ1v) is 6.30. The summed E-state index contributed by atoms with van der Waals surface area (Å²) < 4.78 is 5.24. The maximum atomic E-state index is 12.1. The highest BCUT2D eigenvalue weighted by Gasteiger charge is 2.45. The monoisotopic (exact) mass is 242 g/mol. The SMILES string of the molecule is CC1(C(=O)NCC2(O)CCCC2)COCC1N. The molecule has 98 valence electrons. The number of amides is 1. The van der Waals surface area contributed by atoms with E-state index in [1.54, 1.807) is 0 Å². The molecular formula is C12H22N2O3. The molecule has 0 aromatic carbocycles. The molecule has 1 heterocycles. The fourth-order valence-corrected chi connectivity index (χ4v) is 2.58. The third-order valence-corrected chi connectivity index (χ3v) is 4.15. The van der Waals surface area contributed by atoms with Crippen molar-refractivity contribution in [1.82, 2.24) is 5.32 Å². The van der Waals surface area contributed by atoms with Crippen LogP contribution >= 0.6 is 0 Å². The molecule has 1 aliphatic heterocycles. The van der Waals surface area contributed by atoms with Crippen molar-refractivity contribution in [2.75, 3.05) is 19.8 Å². The zero-order valence-corrected chi connectivity index (χ0v) is 10.4. The van der Waals surface area contributed by atoms with E-state index in [-0.39, 0.29) is 11.9 Å². The summed E-state index contributed by atoms with van der Waals surface area (Å²) in [5.41, 5.74) is 4.51. The molecule has 2 fully saturated rings. The van der Waals surface area contributed by atoms with Gasteiger partial charge < -0.3 is 20.9 Å². The van der Waals surface area contributed by atoms with E-state index in [9.17, 15) is 9.90 Å². The van der Waals surface area contributed by atoms with Crippen LogP contribution in [0.25, 0.3) is 0 Å². The molecule has 0 aromatic heterocycles. The smallest absolute Gasteiger partial charge is 0.230 e. The van der Waals surface area contributed by atoms with Gasteiger partial charge in [-0.05, 0) is 19.8 Å². The third-order valence-electron chi connectivity index (χ3n) is 4.15. The quantitative estimate of drug-likeness (QED) is 0.638. The largest absolute Gasteiger partial charge is 0.388 e. The second-order valence-electron chi connectivity index (χ2n) is 5.65. The van der Waals surface area contributed by atoms with E-state index >= 15 is 0 Å². The molecule has 4 N–H and O–H groups in total. The van der Waals surface area contributed by atoms with Gasteiger partial charge >= 0.3 is 0 Å². The van der Waals surface area contributed by atoms with Crippen molar-refractivity contribution in [3.8, 4) is 0 Å².